The molecule has 0 aliphatic rings. The van der Waals surface area contributed by atoms with Crippen LogP contribution in [0, 0.1) is 5.41 Å². The van der Waals surface area contributed by atoms with Gasteiger partial charge in [-0.3, -0.25) is 4.79 Å². The number of ketones is 1. The van der Waals surface area contributed by atoms with E-state index in [0.29, 0.717) is 12.0 Å². The average molecular weight is 220 g/mol. The van der Waals surface area contributed by atoms with E-state index in [9.17, 15) is 9.59 Å². The van der Waals surface area contributed by atoms with Crippen molar-refractivity contribution in [3.63, 3.8) is 0 Å². The molecule has 0 saturated heterocycles. The fraction of sp³-hybridized carbons (Fsp3) is 0.385. The number of carboxylic acids is 1. The molecule has 1 aromatic rings. The number of carbonyl (C=O) groups excluding carboxylic acids is 1. The third-order valence-corrected chi connectivity index (χ3v) is 2.15. The van der Waals surface area contributed by atoms with Crippen molar-refractivity contribution in [1.29, 1.82) is 0 Å². The van der Waals surface area contributed by atoms with Crippen molar-refractivity contribution in [1.82, 2.24) is 0 Å². The maximum absolute atomic E-state index is 11.9. The Labute approximate surface area is 95.1 Å². The van der Waals surface area contributed by atoms with Gasteiger partial charge in [0.2, 0.25) is 0 Å². The second-order valence-corrected chi connectivity index (χ2v) is 5.01. The predicted molar refractivity (Wildman–Crippen MR) is 61.8 cm³/mol. The van der Waals surface area contributed by atoms with Crippen LogP contribution in [-0.4, -0.2) is 16.9 Å². The standard InChI is InChI=1S/C13H16O3/c1-13(2,3)8-11(14)9-6-4-5-7-10(9)12(15)16/h4-7H,8H2,1-3H3,(H,15,16). The Morgan fingerprint density at radius 1 is 1.12 bits per heavy atom. The number of benzene rings is 1. The first kappa shape index (κ1) is 12.4. The lowest BCUT2D eigenvalue weighted by Crippen LogP contribution is -2.15. The maximum atomic E-state index is 11.9. The Morgan fingerprint density at radius 3 is 2.06 bits per heavy atom. The summed E-state index contributed by atoms with van der Waals surface area (Å²) in [5.41, 5.74) is 0.240. The second-order valence-electron chi connectivity index (χ2n) is 5.01. The first-order valence-electron chi connectivity index (χ1n) is 5.17. The van der Waals surface area contributed by atoms with Gasteiger partial charge in [-0.25, -0.2) is 4.79 Å². The molecule has 0 atom stereocenters. The van der Waals surface area contributed by atoms with E-state index in [1.807, 2.05) is 20.8 Å². The van der Waals surface area contributed by atoms with Crippen LogP contribution in [0.5, 0.6) is 0 Å². The number of rotatable bonds is 3. The highest BCUT2D eigenvalue weighted by molar-refractivity contribution is 6.05. The summed E-state index contributed by atoms with van der Waals surface area (Å²) in [5.74, 6) is -1.18. The SMILES string of the molecule is CC(C)(C)CC(=O)c1ccccc1C(=O)O. The van der Waals surface area contributed by atoms with Crippen LogP contribution in [0.15, 0.2) is 24.3 Å². The molecular weight excluding hydrogens is 204 g/mol. The fourth-order valence-electron chi connectivity index (χ4n) is 1.49. The number of carboxylic acid groups (broad SMARTS) is 1. The normalized spacial score (nSPS) is 11.2. The highest BCUT2D eigenvalue weighted by Gasteiger charge is 2.21. The molecule has 0 heterocycles. The van der Waals surface area contributed by atoms with Crippen molar-refractivity contribution in [2.45, 2.75) is 27.2 Å². The molecule has 0 aliphatic carbocycles. The zero-order valence-corrected chi connectivity index (χ0v) is 9.78. The Morgan fingerprint density at radius 2 is 1.62 bits per heavy atom. The minimum absolute atomic E-state index is 0.0803. The number of hydrogen-bond donors (Lipinski definition) is 1. The van der Waals surface area contributed by atoms with Crippen LogP contribution < -0.4 is 0 Å². The van der Waals surface area contributed by atoms with Gasteiger partial charge in [0.25, 0.3) is 0 Å². The molecular formula is C13H16O3. The molecule has 1 aromatic carbocycles. The molecule has 0 radical (unpaired) electrons. The smallest absolute Gasteiger partial charge is 0.336 e. The summed E-state index contributed by atoms with van der Waals surface area (Å²) in [6.45, 7) is 5.86. The summed E-state index contributed by atoms with van der Waals surface area (Å²) in [6.07, 6.45) is 0.345. The van der Waals surface area contributed by atoms with E-state index >= 15 is 0 Å². The lowest BCUT2D eigenvalue weighted by atomic mass is 9.87. The van der Waals surface area contributed by atoms with Crippen LogP contribution in [-0.2, 0) is 0 Å². The molecule has 86 valence electrons. The average Bonchev–Trinajstić information content (AvgIpc) is 2.15. The molecule has 0 amide bonds. The Hall–Kier alpha value is -1.64. The fourth-order valence-corrected chi connectivity index (χ4v) is 1.49. The molecule has 0 fully saturated rings. The van der Waals surface area contributed by atoms with E-state index in [2.05, 4.69) is 0 Å². The van der Waals surface area contributed by atoms with E-state index in [1.54, 1.807) is 18.2 Å². The van der Waals surface area contributed by atoms with Gasteiger partial charge < -0.3 is 5.11 Å². The van der Waals surface area contributed by atoms with E-state index < -0.39 is 5.97 Å². The third-order valence-electron chi connectivity index (χ3n) is 2.15. The van der Waals surface area contributed by atoms with Crippen molar-refractivity contribution in [3.8, 4) is 0 Å². The largest absolute Gasteiger partial charge is 0.478 e. The van der Waals surface area contributed by atoms with Crippen molar-refractivity contribution >= 4 is 11.8 Å². The van der Waals surface area contributed by atoms with Gasteiger partial charge in [-0.1, -0.05) is 39.0 Å². The van der Waals surface area contributed by atoms with Gasteiger partial charge in [0.05, 0.1) is 5.56 Å². The van der Waals surface area contributed by atoms with Gasteiger partial charge in [0.15, 0.2) is 5.78 Å². The second kappa shape index (κ2) is 4.47. The number of carbonyl (C=O) groups is 2. The van der Waals surface area contributed by atoms with Crippen LogP contribution in [0.3, 0.4) is 0 Å². The third kappa shape index (κ3) is 3.19. The van der Waals surface area contributed by atoms with Crippen LogP contribution in [0.25, 0.3) is 0 Å². The molecule has 3 heteroatoms. The Balaban J connectivity index is 3.04. The molecule has 0 saturated carbocycles. The molecule has 1 rings (SSSR count). The lowest BCUT2D eigenvalue weighted by Gasteiger charge is -2.17. The molecule has 16 heavy (non-hydrogen) atoms. The van der Waals surface area contributed by atoms with Gasteiger partial charge in [-0.2, -0.15) is 0 Å². The van der Waals surface area contributed by atoms with Gasteiger partial charge in [-0.05, 0) is 11.5 Å². The van der Waals surface area contributed by atoms with Crippen molar-refractivity contribution in [2.24, 2.45) is 5.41 Å². The minimum Gasteiger partial charge on any atom is -0.478 e. The summed E-state index contributed by atoms with van der Waals surface area (Å²) in [6, 6.07) is 6.33. The molecule has 0 bridgehead atoms. The number of hydrogen-bond acceptors (Lipinski definition) is 2. The summed E-state index contributed by atoms with van der Waals surface area (Å²) < 4.78 is 0. The number of Topliss-reactive ketones (excluding diaryl/α,β-unsaturated/α-hetero) is 1. The molecule has 0 aromatic heterocycles. The van der Waals surface area contributed by atoms with E-state index in [0.717, 1.165) is 0 Å². The van der Waals surface area contributed by atoms with E-state index in [1.165, 1.54) is 6.07 Å². The zero-order valence-electron chi connectivity index (χ0n) is 9.78. The van der Waals surface area contributed by atoms with Crippen molar-refractivity contribution in [3.05, 3.63) is 35.4 Å². The topological polar surface area (TPSA) is 54.4 Å². The summed E-state index contributed by atoms with van der Waals surface area (Å²) in [7, 11) is 0. The predicted octanol–water partition coefficient (Wildman–Crippen LogP) is 3.00. The minimum atomic E-state index is -1.06. The molecule has 0 aliphatic heterocycles. The lowest BCUT2D eigenvalue weighted by molar-refractivity contribution is 0.0690. The van der Waals surface area contributed by atoms with Gasteiger partial charge in [0, 0.05) is 12.0 Å². The first-order valence-corrected chi connectivity index (χ1v) is 5.17. The maximum Gasteiger partial charge on any atom is 0.336 e. The summed E-state index contributed by atoms with van der Waals surface area (Å²) >= 11 is 0. The molecule has 0 unspecified atom stereocenters. The van der Waals surface area contributed by atoms with Crippen LogP contribution >= 0.6 is 0 Å². The Kier molecular flexibility index (Phi) is 3.48. The number of aromatic carboxylic acids is 1. The first-order chi connectivity index (χ1) is 7.31. The summed E-state index contributed by atoms with van der Waals surface area (Å²) in [5, 5.41) is 8.96. The molecule has 1 N–H and O–H groups in total. The van der Waals surface area contributed by atoms with E-state index in [4.69, 9.17) is 5.11 Å². The zero-order chi connectivity index (χ0) is 12.3. The molecule has 3 nitrogen and oxygen atoms in total. The quantitative estimate of drug-likeness (QED) is 0.796. The summed E-state index contributed by atoms with van der Waals surface area (Å²) in [4.78, 5) is 22.9. The Bertz CT molecular complexity index is 413. The van der Waals surface area contributed by atoms with Crippen LogP contribution in [0.1, 0.15) is 47.9 Å². The van der Waals surface area contributed by atoms with Crippen LogP contribution in [0.2, 0.25) is 0 Å². The highest BCUT2D eigenvalue weighted by Crippen LogP contribution is 2.22. The van der Waals surface area contributed by atoms with E-state index in [-0.39, 0.29) is 16.8 Å². The van der Waals surface area contributed by atoms with Gasteiger partial charge in [0.1, 0.15) is 0 Å². The van der Waals surface area contributed by atoms with Crippen molar-refractivity contribution in [2.75, 3.05) is 0 Å². The van der Waals surface area contributed by atoms with Gasteiger partial charge in [-0.15, -0.1) is 0 Å². The molecule has 0 spiro atoms. The highest BCUT2D eigenvalue weighted by atomic mass is 16.4. The monoisotopic (exact) mass is 220 g/mol. The van der Waals surface area contributed by atoms with Crippen molar-refractivity contribution < 1.29 is 14.7 Å². The van der Waals surface area contributed by atoms with Gasteiger partial charge >= 0.3 is 5.97 Å². The van der Waals surface area contributed by atoms with Crippen LogP contribution in [0.4, 0.5) is 0 Å².